The van der Waals surface area contributed by atoms with Gasteiger partial charge in [0, 0.05) is 11.6 Å². The highest BCUT2D eigenvalue weighted by atomic mass is 16.3. The van der Waals surface area contributed by atoms with E-state index in [1.54, 1.807) is 0 Å². The van der Waals surface area contributed by atoms with Crippen LogP contribution in [0.4, 0.5) is 0 Å². The van der Waals surface area contributed by atoms with Crippen molar-refractivity contribution in [1.29, 1.82) is 0 Å². The Labute approximate surface area is 87.1 Å². The lowest BCUT2D eigenvalue weighted by Crippen LogP contribution is -2.51. The maximum atomic E-state index is 9.50. The quantitative estimate of drug-likeness (QED) is 0.726. The minimum atomic E-state index is 0.0866. The van der Waals surface area contributed by atoms with Gasteiger partial charge in [-0.15, -0.1) is 0 Å². The molecule has 0 heterocycles. The predicted molar refractivity (Wildman–Crippen MR) is 58.2 cm³/mol. The largest absolute Gasteiger partial charge is 0.394 e. The van der Waals surface area contributed by atoms with E-state index in [1.807, 2.05) is 0 Å². The van der Waals surface area contributed by atoms with Crippen molar-refractivity contribution >= 4 is 0 Å². The minimum Gasteiger partial charge on any atom is -0.394 e. The van der Waals surface area contributed by atoms with E-state index in [4.69, 9.17) is 0 Å². The second-order valence-corrected chi connectivity index (χ2v) is 5.30. The van der Waals surface area contributed by atoms with Crippen LogP contribution in [0.2, 0.25) is 0 Å². The van der Waals surface area contributed by atoms with Crippen LogP contribution in [-0.2, 0) is 0 Å². The lowest BCUT2D eigenvalue weighted by atomic mass is 9.95. The molecule has 2 aliphatic rings. The van der Waals surface area contributed by atoms with E-state index in [0.29, 0.717) is 12.6 Å². The van der Waals surface area contributed by atoms with E-state index in [1.165, 1.54) is 44.9 Å². The number of hydrogen-bond acceptors (Lipinski definition) is 2. The number of aliphatic hydroxyl groups excluding tert-OH is 1. The van der Waals surface area contributed by atoms with Gasteiger partial charge in [-0.25, -0.2) is 0 Å². The Kier molecular flexibility index (Phi) is 3.13. The molecule has 2 aliphatic carbocycles. The van der Waals surface area contributed by atoms with Gasteiger partial charge < -0.3 is 10.4 Å². The molecule has 2 N–H and O–H groups in total. The van der Waals surface area contributed by atoms with Gasteiger partial charge in [0.05, 0.1) is 6.61 Å². The average molecular weight is 197 g/mol. The highest BCUT2D eigenvalue weighted by molar-refractivity contribution is 4.96. The normalized spacial score (nSPS) is 36.4. The lowest BCUT2D eigenvalue weighted by Gasteiger charge is -2.33. The Morgan fingerprint density at radius 1 is 1.21 bits per heavy atom. The molecule has 0 aromatic heterocycles. The van der Waals surface area contributed by atoms with Gasteiger partial charge in [-0.1, -0.05) is 26.2 Å². The first-order valence-corrected chi connectivity index (χ1v) is 6.14. The highest BCUT2D eigenvalue weighted by Gasteiger charge is 2.37. The van der Waals surface area contributed by atoms with Crippen LogP contribution >= 0.6 is 0 Å². The monoisotopic (exact) mass is 197 g/mol. The van der Waals surface area contributed by atoms with Crippen LogP contribution in [0.15, 0.2) is 0 Å². The first-order chi connectivity index (χ1) is 6.76. The molecule has 0 saturated heterocycles. The Balaban J connectivity index is 1.93. The third-order valence-corrected chi connectivity index (χ3v) is 4.22. The van der Waals surface area contributed by atoms with E-state index in [9.17, 15) is 5.11 Å². The molecule has 0 aromatic carbocycles. The summed E-state index contributed by atoms with van der Waals surface area (Å²) in [5.74, 6) is 0.805. The van der Waals surface area contributed by atoms with Gasteiger partial charge in [0.25, 0.3) is 0 Å². The van der Waals surface area contributed by atoms with Crippen molar-refractivity contribution in [2.24, 2.45) is 5.92 Å². The van der Waals surface area contributed by atoms with Gasteiger partial charge in [0.2, 0.25) is 0 Å². The average Bonchev–Trinajstić information content (AvgIpc) is 2.79. The van der Waals surface area contributed by atoms with E-state index in [-0.39, 0.29) is 5.54 Å². The molecule has 82 valence electrons. The van der Waals surface area contributed by atoms with Crippen LogP contribution in [0.5, 0.6) is 0 Å². The summed E-state index contributed by atoms with van der Waals surface area (Å²) in [5, 5.41) is 13.2. The maximum Gasteiger partial charge on any atom is 0.0613 e. The summed E-state index contributed by atoms with van der Waals surface area (Å²) >= 11 is 0. The van der Waals surface area contributed by atoms with Crippen molar-refractivity contribution in [3.63, 3.8) is 0 Å². The van der Waals surface area contributed by atoms with Crippen molar-refractivity contribution in [3.05, 3.63) is 0 Å². The molecule has 14 heavy (non-hydrogen) atoms. The summed E-state index contributed by atoms with van der Waals surface area (Å²) in [5.41, 5.74) is 0.0866. The summed E-state index contributed by atoms with van der Waals surface area (Å²) < 4.78 is 0. The predicted octanol–water partition coefficient (Wildman–Crippen LogP) is 2.07. The molecular formula is C12H23NO. The van der Waals surface area contributed by atoms with Crippen LogP contribution in [0.1, 0.15) is 51.9 Å². The van der Waals surface area contributed by atoms with Gasteiger partial charge in [0.15, 0.2) is 0 Å². The van der Waals surface area contributed by atoms with Gasteiger partial charge in [-0.2, -0.15) is 0 Å². The number of aliphatic hydroxyl groups is 1. The Morgan fingerprint density at radius 3 is 2.43 bits per heavy atom. The van der Waals surface area contributed by atoms with Gasteiger partial charge >= 0.3 is 0 Å². The molecule has 0 bridgehead atoms. The summed E-state index contributed by atoms with van der Waals surface area (Å²) in [6, 6.07) is 0.667. The fourth-order valence-corrected chi connectivity index (χ4v) is 3.15. The Morgan fingerprint density at radius 2 is 1.93 bits per heavy atom. The van der Waals surface area contributed by atoms with E-state index in [0.717, 1.165) is 5.92 Å². The fraction of sp³-hybridized carbons (Fsp3) is 1.00. The van der Waals surface area contributed by atoms with E-state index in [2.05, 4.69) is 12.2 Å². The molecular weight excluding hydrogens is 174 g/mol. The highest BCUT2D eigenvalue weighted by Crippen LogP contribution is 2.33. The summed E-state index contributed by atoms with van der Waals surface area (Å²) in [6.45, 7) is 2.67. The third-order valence-electron chi connectivity index (χ3n) is 4.22. The lowest BCUT2D eigenvalue weighted by molar-refractivity contribution is 0.144. The second kappa shape index (κ2) is 4.19. The molecule has 2 heteroatoms. The first-order valence-electron chi connectivity index (χ1n) is 6.14. The van der Waals surface area contributed by atoms with Gasteiger partial charge in [-0.3, -0.25) is 0 Å². The second-order valence-electron chi connectivity index (χ2n) is 5.30. The number of nitrogens with one attached hydrogen (secondary N) is 1. The molecule has 0 aliphatic heterocycles. The van der Waals surface area contributed by atoms with Crippen molar-refractivity contribution in [2.45, 2.75) is 63.5 Å². The molecule has 0 spiro atoms. The van der Waals surface area contributed by atoms with Crippen molar-refractivity contribution < 1.29 is 5.11 Å². The SMILES string of the molecule is CC1CCCC1NC1(CO)CCCC1. The molecule has 2 atom stereocenters. The van der Waals surface area contributed by atoms with Crippen molar-refractivity contribution in [1.82, 2.24) is 5.32 Å². The molecule has 2 saturated carbocycles. The molecule has 2 nitrogen and oxygen atoms in total. The summed E-state index contributed by atoms with van der Waals surface area (Å²) in [4.78, 5) is 0. The number of rotatable bonds is 3. The summed E-state index contributed by atoms with van der Waals surface area (Å²) in [7, 11) is 0. The van der Waals surface area contributed by atoms with Gasteiger partial charge in [0.1, 0.15) is 0 Å². The molecule has 2 rings (SSSR count). The van der Waals surface area contributed by atoms with E-state index >= 15 is 0 Å². The van der Waals surface area contributed by atoms with E-state index < -0.39 is 0 Å². The van der Waals surface area contributed by atoms with Crippen molar-refractivity contribution in [3.8, 4) is 0 Å². The zero-order valence-corrected chi connectivity index (χ0v) is 9.26. The molecule has 0 radical (unpaired) electrons. The Hall–Kier alpha value is -0.0800. The zero-order valence-electron chi connectivity index (χ0n) is 9.26. The zero-order chi connectivity index (χ0) is 10.0. The van der Waals surface area contributed by atoms with Crippen LogP contribution in [0, 0.1) is 5.92 Å². The molecule has 0 amide bonds. The van der Waals surface area contributed by atoms with Crippen LogP contribution in [0.25, 0.3) is 0 Å². The summed E-state index contributed by atoms with van der Waals surface area (Å²) in [6.07, 6.45) is 8.95. The topological polar surface area (TPSA) is 32.3 Å². The molecule has 2 unspecified atom stereocenters. The third kappa shape index (κ3) is 1.96. The smallest absolute Gasteiger partial charge is 0.0613 e. The maximum absolute atomic E-state index is 9.50. The standard InChI is InChI=1S/C12H23NO/c1-10-5-4-6-11(10)13-12(9-14)7-2-3-8-12/h10-11,13-14H,2-9H2,1H3. The number of hydrogen-bond donors (Lipinski definition) is 2. The molecule has 0 aromatic rings. The van der Waals surface area contributed by atoms with Crippen LogP contribution in [-0.4, -0.2) is 23.3 Å². The van der Waals surface area contributed by atoms with Crippen LogP contribution < -0.4 is 5.32 Å². The Bertz CT molecular complexity index is 187. The van der Waals surface area contributed by atoms with Gasteiger partial charge in [-0.05, 0) is 31.6 Å². The first kappa shape index (κ1) is 10.4. The van der Waals surface area contributed by atoms with Crippen LogP contribution in [0.3, 0.4) is 0 Å². The van der Waals surface area contributed by atoms with Crippen molar-refractivity contribution in [2.75, 3.05) is 6.61 Å². The minimum absolute atomic E-state index is 0.0866. The fourth-order valence-electron chi connectivity index (χ4n) is 3.15. The molecule has 2 fully saturated rings.